The maximum Gasteiger partial charge on any atom is 0.325 e. The van der Waals surface area contributed by atoms with Crippen LogP contribution in [-0.2, 0) is 16.0 Å². The highest BCUT2D eigenvalue weighted by atomic mass is 16.4. The molecule has 4 N–H and O–H groups in total. The molecule has 5 heteroatoms. The van der Waals surface area contributed by atoms with E-state index >= 15 is 0 Å². The van der Waals surface area contributed by atoms with Crippen molar-refractivity contribution in [2.24, 2.45) is 5.73 Å². The molecule has 0 aliphatic heterocycles. The second-order valence-electron chi connectivity index (χ2n) is 3.13. The zero-order chi connectivity index (χ0) is 11.4. The van der Waals surface area contributed by atoms with Crippen molar-refractivity contribution in [1.29, 1.82) is 0 Å². The summed E-state index contributed by atoms with van der Waals surface area (Å²) in [5, 5.41) is 17.1. The summed E-state index contributed by atoms with van der Waals surface area (Å²) >= 11 is 0. The maximum absolute atomic E-state index is 10.5. The highest BCUT2D eigenvalue weighted by molar-refractivity contribution is 5.75. The summed E-state index contributed by atoms with van der Waals surface area (Å²) in [6, 6.07) is 5.11. The monoisotopic (exact) mass is 209 g/mol. The second-order valence-corrected chi connectivity index (χ2v) is 3.13. The van der Waals surface area contributed by atoms with Crippen molar-refractivity contribution in [3.05, 3.63) is 35.4 Å². The van der Waals surface area contributed by atoms with Gasteiger partial charge in [0.25, 0.3) is 0 Å². The molecule has 1 rings (SSSR count). The molecule has 0 fully saturated rings. The van der Waals surface area contributed by atoms with E-state index in [4.69, 9.17) is 15.9 Å². The lowest BCUT2D eigenvalue weighted by Gasteiger charge is -2.06. The summed E-state index contributed by atoms with van der Waals surface area (Å²) in [5.74, 6) is -2.04. The van der Waals surface area contributed by atoms with E-state index in [2.05, 4.69) is 0 Å². The second kappa shape index (κ2) is 4.56. The van der Waals surface area contributed by atoms with Gasteiger partial charge >= 0.3 is 11.9 Å². The number of carbonyl (C=O) groups is 2. The largest absolute Gasteiger partial charge is 0.481 e. The van der Waals surface area contributed by atoms with Crippen LogP contribution in [0.2, 0.25) is 0 Å². The minimum atomic E-state index is -1.11. The third kappa shape index (κ3) is 3.07. The number of carboxylic acids is 2. The van der Waals surface area contributed by atoms with E-state index < -0.39 is 18.0 Å². The Balaban J connectivity index is 2.80. The number of carboxylic acid groups (broad SMARTS) is 2. The first-order valence-corrected chi connectivity index (χ1v) is 4.29. The number of rotatable bonds is 4. The third-order valence-electron chi connectivity index (χ3n) is 1.96. The Hall–Kier alpha value is -1.88. The maximum atomic E-state index is 10.5. The Morgan fingerprint density at radius 3 is 2.13 bits per heavy atom. The lowest BCUT2D eigenvalue weighted by molar-refractivity contribution is -0.139. The molecule has 0 bridgehead atoms. The standard InChI is InChI=1S/C10H11NO4/c11-9(10(14)15)7-3-1-6(2-4-7)5-8(12)13/h1-4,9H,5,11H2,(H,12,13)(H,14,15). The molecule has 1 aromatic rings. The molecule has 80 valence electrons. The van der Waals surface area contributed by atoms with Gasteiger partial charge in [0.1, 0.15) is 6.04 Å². The van der Waals surface area contributed by atoms with Gasteiger partial charge in [0, 0.05) is 0 Å². The third-order valence-corrected chi connectivity index (χ3v) is 1.96. The van der Waals surface area contributed by atoms with Crippen LogP contribution >= 0.6 is 0 Å². The van der Waals surface area contributed by atoms with E-state index in [0.29, 0.717) is 11.1 Å². The van der Waals surface area contributed by atoms with Gasteiger partial charge in [-0.25, -0.2) is 0 Å². The smallest absolute Gasteiger partial charge is 0.325 e. The molecule has 1 atom stereocenters. The Morgan fingerprint density at radius 1 is 1.20 bits per heavy atom. The normalized spacial score (nSPS) is 12.1. The van der Waals surface area contributed by atoms with Gasteiger partial charge in [-0.2, -0.15) is 0 Å². The van der Waals surface area contributed by atoms with Crippen LogP contribution in [0.15, 0.2) is 24.3 Å². The van der Waals surface area contributed by atoms with Crippen LogP contribution in [0.4, 0.5) is 0 Å². The van der Waals surface area contributed by atoms with Crippen molar-refractivity contribution in [2.75, 3.05) is 0 Å². The van der Waals surface area contributed by atoms with Crippen molar-refractivity contribution < 1.29 is 19.8 Å². The molecule has 0 saturated carbocycles. The van der Waals surface area contributed by atoms with Gasteiger partial charge in [0.05, 0.1) is 6.42 Å². The van der Waals surface area contributed by atoms with Gasteiger partial charge in [-0.05, 0) is 11.1 Å². The molecule has 0 aliphatic rings. The SMILES string of the molecule is NC(C(=O)O)c1ccc(CC(=O)O)cc1. The van der Waals surface area contributed by atoms with Crippen LogP contribution in [0.25, 0.3) is 0 Å². The zero-order valence-corrected chi connectivity index (χ0v) is 7.88. The predicted octanol–water partition coefficient (Wildman–Crippen LogP) is 0.398. The number of hydrogen-bond acceptors (Lipinski definition) is 3. The topological polar surface area (TPSA) is 101 Å². The molecule has 0 aliphatic carbocycles. The van der Waals surface area contributed by atoms with Crippen LogP contribution < -0.4 is 5.73 Å². The van der Waals surface area contributed by atoms with Gasteiger partial charge in [-0.3, -0.25) is 9.59 Å². The van der Waals surface area contributed by atoms with Gasteiger partial charge in [0.15, 0.2) is 0 Å². The van der Waals surface area contributed by atoms with E-state index in [1.807, 2.05) is 0 Å². The van der Waals surface area contributed by atoms with E-state index in [9.17, 15) is 9.59 Å². The number of aliphatic carboxylic acids is 2. The molecule has 5 nitrogen and oxygen atoms in total. The van der Waals surface area contributed by atoms with Gasteiger partial charge < -0.3 is 15.9 Å². The predicted molar refractivity (Wildman–Crippen MR) is 52.3 cm³/mol. The van der Waals surface area contributed by atoms with Crippen molar-refractivity contribution >= 4 is 11.9 Å². The molecule has 1 unspecified atom stereocenters. The molecule has 0 amide bonds. The molecular weight excluding hydrogens is 198 g/mol. The Bertz CT molecular complexity index is 372. The van der Waals surface area contributed by atoms with Crippen LogP contribution in [-0.4, -0.2) is 22.2 Å². The molecule has 0 aromatic heterocycles. The highest BCUT2D eigenvalue weighted by Gasteiger charge is 2.13. The summed E-state index contributed by atoms with van der Waals surface area (Å²) in [7, 11) is 0. The zero-order valence-electron chi connectivity index (χ0n) is 7.88. The Morgan fingerprint density at radius 2 is 1.73 bits per heavy atom. The number of nitrogens with two attached hydrogens (primary N) is 1. The van der Waals surface area contributed by atoms with E-state index in [1.54, 1.807) is 12.1 Å². The Labute approximate surface area is 86.1 Å². The van der Waals surface area contributed by atoms with Crippen LogP contribution in [0.3, 0.4) is 0 Å². The quantitative estimate of drug-likeness (QED) is 0.666. The summed E-state index contributed by atoms with van der Waals surface area (Å²) in [4.78, 5) is 20.9. The van der Waals surface area contributed by atoms with Gasteiger partial charge in [0.2, 0.25) is 0 Å². The van der Waals surface area contributed by atoms with Crippen molar-refractivity contribution in [2.45, 2.75) is 12.5 Å². The molecule has 0 radical (unpaired) electrons. The average molecular weight is 209 g/mol. The van der Waals surface area contributed by atoms with E-state index in [1.165, 1.54) is 12.1 Å². The summed E-state index contributed by atoms with van der Waals surface area (Å²) in [6.07, 6.45) is -0.0808. The molecule has 0 saturated heterocycles. The van der Waals surface area contributed by atoms with E-state index in [0.717, 1.165) is 0 Å². The summed E-state index contributed by atoms with van der Waals surface area (Å²) in [6.45, 7) is 0. The first kappa shape index (κ1) is 11.2. The molecular formula is C10H11NO4. The van der Waals surface area contributed by atoms with Crippen LogP contribution in [0.1, 0.15) is 17.2 Å². The lowest BCUT2D eigenvalue weighted by atomic mass is 10.0. The van der Waals surface area contributed by atoms with Gasteiger partial charge in [-0.15, -0.1) is 0 Å². The first-order chi connectivity index (χ1) is 7.00. The highest BCUT2D eigenvalue weighted by Crippen LogP contribution is 2.12. The minimum Gasteiger partial charge on any atom is -0.481 e. The molecule has 0 heterocycles. The fourth-order valence-electron chi connectivity index (χ4n) is 1.16. The Kier molecular flexibility index (Phi) is 3.41. The van der Waals surface area contributed by atoms with Crippen molar-refractivity contribution in [3.63, 3.8) is 0 Å². The summed E-state index contributed by atoms with van der Waals surface area (Å²) < 4.78 is 0. The number of hydrogen-bond donors (Lipinski definition) is 3. The van der Waals surface area contributed by atoms with Crippen LogP contribution in [0, 0.1) is 0 Å². The fourth-order valence-corrected chi connectivity index (χ4v) is 1.16. The van der Waals surface area contributed by atoms with Crippen molar-refractivity contribution in [1.82, 2.24) is 0 Å². The molecule has 0 spiro atoms. The van der Waals surface area contributed by atoms with Crippen molar-refractivity contribution in [3.8, 4) is 0 Å². The average Bonchev–Trinajstić information content (AvgIpc) is 2.17. The summed E-state index contributed by atoms with van der Waals surface area (Å²) in [5.41, 5.74) is 6.44. The first-order valence-electron chi connectivity index (χ1n) is 4.29. The van der Waals surface area contributed by atoms with Gasteiger partial charge in [-0.1, -0.05) is 24.3 Å². The molecule has 15 heavy (non-hydrogen) atoms. The fraction of sp³-hybridized carbons (Fsp3) is 0.200. The van der Waals surface area contributed by atoms with Crippen LogP contribution in [0.5, 0.6) is 0 Å². The lowest BCUT2D eigenvalue weighted by Crippen LogP contribution is -2.20. The minimum absolute atomic E-state index is 0.0808. The molecule has 1 aromatic carbocycles. The number of benzene rings is 1. The van der Waals surface area contributed by atoms with E-state index in [-0.39, 0.29) is 6.42 Å².